The van der Waals surface area contributed by atoms with Crippen LogP contribution in [0.5, 0.6) is 0 Å². The molecule has 0 N–H and O–H groups in total. The first kappa shape index (κ1) is 22.9. The maximum atomic E-state index is 11.3. The zero-order chi connectivity index (χ0) is 20.0. The predicted octanol–water partition coefficient (Wildman–Crippen LogP) is 4.56. The number of hydrogen-bond acceptors (Lipinski definition) is 6. The molecule has 0 aliphatic carbocycles. The molecule has 1 unspecified atom stereocenters. The number of carbonyl (C=O) groups excluding carboxylic acids is 2. The Hall–Kier alpha value is -1.37. The fourth-order valence-electron chi connectivity index (χ4n) is 2.92. The van der Waals surface area contributed by atoms with E-state index in [9.17, 15) is 9.59 Å². The molecule has 28 heavy (non-hydrogen) atoms. The number of rotatable bonds is 13. The molecule has 0 aromatic heterocycles. The Morgan fingerprint density at radius 2 is 1.93 bits per heavy atom. The maximum absolute atomic E-state index is 11.3. The van der Waals surface area contributed by atoms with Crippen LogP contribution in [0.25, 0.3) is 0 Å². The van der Waals surface area contributed by atoms with Crippen LogP contribution in [0.1, 0.15) is 57.4 Å². The Labute approximate surface area is 172 Å². The van der Waals surface area contributed by atoms with Gasteiger partial charge in [0, 0.05) is 11.5 Å². The number of hydrogen-bond donors (Lipinski definition) is 0. The summed E-state index contributed by atoms with van der Waals surface area (Å²) in [7, 11) is 0. The van der Waals surface area contributed by atoms with Crippen molar-refractivity contribution in [2.75, 3.05) is 25.6 Å². The number of esters is 1. The zero-order valence-corrected chi connectivity index (χ0v) is 17.6. The molecule has 0 bridgehead atoms. The summed E-state index contributed by atoms with van der Waals surface area (Å²) in [6.45, 7) is 3.36. The number of Topliss-reactive ketones (excluding diaryl/α,β-unsaturated/α-hetero) is 1. The van der Waals surface area contributed by atoms with E-state index in [-0.39, 0.29) is 18.5 Å². The smallest absolute Gasteiger partial charge is 0.313 e. The minimum atomic E-state index is -0.424. The van der Waals surface area contributed by atoms with Crippen LogP contribution < -0.4 is 0 Å². The molecule has 0 radical (unpaired) electrons. The van der Waals surface area contributed by atoms with E-state index >= 15 is 0 Å². The first-order chi connectivity index (χ1) is 13.6. The summed E-state index contributed by atoms with van der Waals surface area (Å²) >= 11 is 1.81. The second-order valence-electron chi connectivity index (χ2n) is 7.07. The summed E-state index contributed by atoms with van der Waals surface area (Å²) in [4.78, 5) is 23.3. The van der Waals surface area contributed by atoms with Gasteiger partial charge in [0.25, 0.3) is 0 Å². The van der Waals surface area contributed by atoms with E-state index in [0.717, 1.165) is 57.5 Å². The molecule has 1 heterocycles. The molecular formula is C22H32O5S. The van der Waals surface area contributed by atoms with E-state index < -0.39 is 5.97 Å². The van der Waals surface area contributed by atoms with Crippen LogP contribution in [0.2, 0.25) is 0 Å². The zero-order valence-electron chi connectivity index (χ0n) is 16.8. The molecule has 0 saturated carbocycles. The van der Waals surface area contributed by atoms with Gasteiger partial charge in [-0.05, 0) is 75.3 Å². The monoisotopic (exact) mass is 408 g/mol. The SMILES string of the molecule is CC(=O)CC(=O)OCCCCSc1ccc(CCCOC2CCCCO2)cc1. The molecule has 1 aromatic rings. The topological polar surface area (TPSA) is 61.8 Å². The average molecular weight is 409 g/mol. The van der Waals surface area contributed by atoms with Crippen LogP contribution in [0.3, 0.4) is 0 Å². The molecule has 1 aliphatic heterocycles. The van der Waals surface area contributed by atoms with Gasteiger partial charge >= 0.3 is 5.97 Å². The van der Waals surface area contributed by atoms with Crippen molar-refractivity contribution in [3.63, 3.8) is 0 Å². The van der Waals surface area contributed by atoms with Crippen LogP contribution in [0.15, 0.2) is 29.2 Å². The number of carbonyl (C=O) groups is 2. The second-order valence-corrected chi connectivity index (χ2v) is 8.24. The number of aryl methyl sites for hydroxylation is 1. The molecule has 1 aromatic carbocycles. The Balaban J connectivity index is 1.50. The Morgan fingerprint density at radius 1 is 1.11 bits per heavy atom. The first-order valence-electron chi connectivity index (χ1n) is 10.2. The number of thioether (sulfide) groups is 1. The Kier molecular flexibility index (Phi) is 11.3. The van der Waals surface area contributed by atoms with Gasteiger partial charge in [0.1, 0.15) is 12.2 Å². The van der Waals surface area contributed by atoms with Crippen molar-refractivity contribution in [3.8, 4) is 0 Å². The standard InChI is InChI=1S/C22H32O5S/c1-18(23)17-21(24)25-13-4-5-16-28-20-11-9-19(10-12-20)7-6-15-27-22-8-2-3-14-26-22/h9-12,22H,2-8,13-17H2,1H3. The molecule has 5 nitrogen and oxygen atoms in total. The van der Waals surface area contributed by atoms with Crippen molar-refractivity contribution in [2.24, 2.45) is 0 Å². The van der Waals surface area contributed by atoms with Crippen LogP contribution in [-0.4, -0.2) is 43.6 Å². The van der Waals surface area contributed by atoms with Gasteiger partial charge in [0.05, 0.1) is 13.2 Å². The van der Waals surface area contributed by atoms with Gasteiger partial charge in [-0.25, -0.2) is 0 Å². The summed E-state index contributed by atoms with van der Waals surface area (Å²) in [5.41, 5.74) is 1.33. The lowest BCUT2D eigenvalue weighted by atomic mass is 10.1. The highest BCUT2D eigenvalue weighted by molar-refractivity contribution is 7.99. The van der Waals surface area contributed by atoms with Gasteiger partial charge in [0.2, 0.25) is 0 Å². The van der Waals surface area contributed by atoms with Crippen molar-refractivity contribution in [1.82, 2.24) is 0 Å². The maximum Gasteiger partial charge on any atom is 0.313 e. The highest BCUT2D eigenvalue weighted by Crippen LogP contribution is 2.20. The molecular weight excluding hydrogens is 376 g/mol. The highest BCUT2D eigenvalue weighted by Gasteiger charge is 2.13. The normalized spacial score (nSPS) is 16.7. The summed E-state index contributed by atoms with van der Waals surface area (Å²) in [6.07, 6.45) is 7.07. The summed E-state index contributed by atoms with van der Waals surface area (Å²) in [5, 5.41) is 0. The number of benzene rings is 1. The predicted molar refractivity (Wildman–Crippen MR) is 111 cm³/mol. The van der Waals surface area contributed by atoms with Crippen LogP contribution in [-0.2, 0) is 30.2 Å². The third-order valence-electron chi connectivity index (χ3n) is 4.44. The van der Waals surface area contributed by atoms with E-state index in [4.69, 9.17) is 14.2 Å². The molecule has 1 aliphatic rings. The molecule has 0 spiro atoms. The number of ether oxygens (including phenoxy) is 3. The highest BCUT2D eigenvalue weighted by atomic mass is 32.2. The van der Waals surface area contributed by atoms with Crippen molar-refractivity contribution in [2.45, 2.75) is 69.5 Å². The molecule has 6 heteroatoms. The molecule has 156 valence electrons. The van der Waals surface area contributed by atoms with Crippen molar-refractivity contribution < 1.29 is 23.8 Å². The minimum absolute atomic E-state index is 0.00480. The van der Waals surface area contributed by atoms with Crippen molar-refractivity contribution in [3.05, 3.63) is 29.8 Å². The largest absolute Gasteiger partial charge is 0.465 e. The summed E-state index contributed by atoms with van der Waals surface area (Å²) in [5.74, 6) is 0.404. The molecule has 0 amide bonds. The molecule has 2 rings (SSSR count). The first-order valence-corrected chi connectivity index (χ1v) is 11.2. The van der Waals surface area contributed by atoms with Crippen LogP contribution >= 0.6 is 11.8 Å². The van der Waals surface area contributed by atoms with E-state index in [1.54, 1.807) is 0 Å². The summed E-state index contributed by atoms with van der Waals surface area (Å²) in [6, 6.07) is 8.70. The lowest BCUT2D eigenvalue weighted by molar-refractivity contribution is -0.162. The minimum Gasteiger partial charge on any atom is -0.465 e. The van der Waals surface area contributed by atoms with E-state index in [1.807, 2.05) is 11.8 Å². The molecule has 1 saturated heterocycles. The van der Waals surface area contributed by atoms with E-state index in [2.05, 4.69) is 24.3 Å². The number of unbranched alkanes of at least 4 members (excludes halogenated alkanes) is 1. The van der Waals surface area contributed by atoms with Crippen LogP contribution in [0.4, 0.5) is 0 Å². The fraction of sp³-hybridized carbons (Fsp3) is 0.636. The third-order valence-corrected chi connectivity index (χ3v) is 5.54. The van der Waals surface area contributed by atoms with Crippen molar-refractivity contribution in [1.29, 1.82) is 0 Å². The molecule has 1 atom stereocenters. The van der Waals surface area contributed by atoms with Gasteiger partial charge in [-0.2, -0.15) is 0 Å². The second kappa shape index (κ2) is 13.7. The quantitative estimate of drug-likeness (QED) is 0.206. The number of ketones is 1. The van der Waals surface area contributed by atoms with Gasteiger partial charge in [0.15, 0.2) is 6.29 Å². The van der Waals surface area contributed by atoms with Crippen LogP contribution in [0, 0.1) is 0 Å². The fourth-order valence-corrected chi connectivity index (χ4v) is 3.83. The Bertz CT molecular complexity index is 581. The summed E-state index contributed by atoms with van der Waals surface area (Å²) < 4.78 is 16.4. The van der Waals surface area contributed by atoms with Gasteiger partial charge in [-0.1, -0.05) is 12.1 Å². The van der Waals surface area contributed by atoms with E-state index in [1.165, 1.54) is 23.8 Å². The van der Waals surface area contributed by atoms with Gasteiger partial charge in [-0.3, -0.25) is 9.59 Å². The van der Waals surface area contributed by atoms with Crippen molar-refractivity contribution >= 4 is 23.5 Å². The lowest BCUT2D eigenvalue weighted by Crippen LogP contribution is -2.22. The van der Waals surface area contributed by atoms with E-state index in [0.29, 0.717) is 6.61 Å². The average Bonchev–Trinajstić information content (AvgIpc) is 2.69. The van der Waals surface area contributed by atoms with Gasteiger partial charge in [-0.15, -0.1) is 11.8 Å². The Morgan fingerprint density at radius 3 is 2.64 bits per heavy atom. The third kappa shape index (κ3) is 10.2. The van der Waals surface area contributed by atoms with Gasteiger partial charge < -0.3 is 14.2 Å². The lowest BCUT2D eigenvalue weighted by Gasteiger charge is -2.22. The molecule has 1 fully saturated rings.